The molecular weight excluding hydrogens is 344 g/mol. The highest BCUT2D eigenvalue weighted by Gasteiger charge is 2.27. The van der Waals surface area contributed by atoms with Gasteiger partial charge in [0.15, 0.2) is 0 Å². The maximum atomic E-state index is 12.8. The van der Waals surface area contributed by atoms with Crippen molar-refractivity contribution in [2.24, 2.45) is 0 Å². The van der Waals surface area contributed by atoms with Crippen LogP contribution in [0.25, 0.3) is 0 Å². The maximum Gasteiger partial charge on any atom is 0.243 e. The first-order valence-electron chi connectivity index (χ1n) is 8.48. The average Bonchev–Trinajstić information content (AvgIpc) is 2.88. The molecule has 7 nitrogen and oxygen atoms in total. The van der Waals surface area contributed by atoms with Gasteiger partial charge in [-0.05, 0) is 30.7 Å². The van der Waals surface area contributed by atoms with E-state index in [-0.39, 0.29) is 10.8 Å². The first kappa shape index (κ1) is 19.7. The molecule has 1 aromatic rings. The van der Waals surface area contributed by atoms with E-state index in [1.807, 2.05) is 6.92 Å². The normalized spacial score (nSPS) is 16.5. The van der Waals surface area contributed by atoms with Gasteiger partial charge in [-0.15, -0.1) is 0 Å². The Morgan fingerprint density at radius 1 is 1.08 bits per heavy atom. The lowest BCUT2D eigenvalue weighted by molar-refractivity contribution is -0.130. The van der Waals surface area contributed by atoms with Gasteiger partial charge in [0.05, 0.1) is 11.5 Å². The van der Waals surface area contributed by atoms with Crippen molar-refractivity contribution < 1.29 is 22.7 Å². The number of ether oxygens (including phenoxy) is 2. The van der Waals surface area contributed by atoms with Gasteiger partial charge in [-0.1, -0.05) is 6.92 Å². The molecule has 8 heteroatoms. The molecule has 0 N–H and O–H groups in total. The maximum absolute atomic E-state index is 12.8. The summed E-state index contributed by atoms with van der Waals surface area (Å²) < 4.78 is 37.5. The van der Waals surface area contributed by atoms with Crippen molar-refractivity contribution in [2.75, 3.05) is 46.5 Å². The molecule has 0 unspecified atom stereocenters. The smallest absolute Gasteiger partial charge is 0.243 e. The summed E-state index contributed by atoms with van der Waals surface area (Å²) in [4.78, 5) is 13.8. The zero-order valence-electron chi connectivity index (χ0n) is 14.8. The number of benzene rings is 1. The van der Waals surface area contributed by atoms with Crippen LogP contribution < -0.4 is 4.74 Å². The lowest BCUT2D eigenvalue weighted by atomic mass is 10.3. The second kappa shape index (κ2) is 9.17. The van der Waals surface area contributed by atoms with E-state index >= 15 is 0 Å². The monoisotopic (exact) mass is 370 g/mol. The molecule has 1 heterocycles. The Labute approximate surface area is 149 Å². The van der Waals surface area contributed by atoms with Crippen LogP contribution >= 0.6 is 0 Å². The van der Waals surface area contributed by atoms with E-state index in [0.717, 1.165) is 0 Å². The third kappa shape index (κ3) is 5.17. The van der Waals surface area contributed by atoms with Crippen molar-refractivity contribution in [1.29, 1.82) is 0 Å². The van der Waals surface area contributed by atoms with E-state index in [1.165, 1.54) is 4.31 Å². The number of methoxy groups -OCH3 is 1. The SMILES string of the molecule is CCC(=O)N1CCCN(S(=O)(=O)c2ccc(OCCOC)cc2)CC1. The molecule has 0 aliphatic carbocycles. The van der Waals surface area contributed by atoms with Crippen LogP contribution in [-0.2, 0) is 19.6 Å². The Hall–Kier alpha value is -1.64. The first-order valence-corrected chi connectivity index (χ1v) is 9.92. The number of nitrogens with zero attached hydrogens (tertiary/aromatic N) is 2. The summed E-state index contributed by atoms with van der Waals surface area (Å²) in [6.07, 6.45) is 1.08. The molecule has 1 fully saturated rings. The van der Waals surface area contributed by atoms with Gasteiger partial charge < -0.3 is 14.4 Å². The fraction of sp³-hybridized carbons (Fsp3) is 0.588. The van der Waals surface area contributed by atoms with Crippen molar-refractivity contribution in [1.82, 2.24) is 9.21 Å². The van der Waals surface area contributed by atoms with Crippen molar-refractivity contribution in [3.05, 3.63) is 24.3 Å². The molecule has 1 aliphatic rings. The first-order chi connectivity index (χ1) is 12.0. The number of carbonyl (C=O) groups is 1. The Morgan fingerprint density at radius 3 is 2.44 bits per heavy atom. The molecule has 0 radical (unpaired) electrons. The molecule has 0 spiro atoms. The summed E-state index contributed by atoms with van der Waals surface area (Å²) in [6, 6.07) is 6.40. The van der Waals surface area contributed by atoms with E-state index in [0.29, 0.717) is 58.0 Å². The number of hydrogen-bond donors (Lipinski definition) is 0. The van der Waals surface area contributed by atoms with Gasteiger partial charge in [0.25, 0.3) is 0 Å². The molecule has 1 amide bonds. The molecule has 25 heavy (non-hydrogen) atoms. The van der Waals surface area contributed by atoms with E-state index in [1.54, 1.807) is 36.3 Å². The van der Waals surface area contributed by atoms with E-state index in [9.17, 15) is 13.2 Å². The number of amides is 1. The predicted octanol–water partition coefficient (Wildman–Crippen LogP) is 1.34. The van der Waals surface area contributed by atoms with Crippen LogP contribution in [0.5, 0.6) is 5.75 Å². The highest BCUT2D eigenvalue weighted by Crippen LogP contribution is 2.21. The summed E-state index contributed by atoms with van der Waals surface area (Å²) >= 11 is 0. The second-order valence-corrected chi connectivity index (χ2v) is 7.74. The summed E-state index contributed by atoms with van der Waals surface area (Å²) in [6.45, 7) is 4.48. The highest BCUT2D eigenvalue weighted by molar-refractivity contribution is 7.89. The van der Waals surface area contributed by atoms with Crippen molar-refractivity contribution in [2.45, 2.75) is 24.7 Å². The molecule has 1 saturated heterocycles. The van der Waals surface area contributed by atoms with Gasteiger partial charge in [0.1, 0.15) is 12.4 Å². The van der Waals surface area contributed by atoms with Crippen molar-refractivity contribution >= 4 is 15.9 Å². The number of hydrogen-bond acceptors (Lipinski definition) is 5. The Bertz CT molecular complexity index is 660. The molecular formula is C17H26N2O5S. The minimum absolute atomic E-state index is 0.0665. The quantitative estimate of drug-likeness (QED) is 0.677. The Morgan fingerprint density at radius 2 is 1.80 bits per heavy atom. The molecule has 0 saturated carbocycles. The summed E-state index contributed by atoms with van der Waals surface area (Å²) in [5.41, 5.74) is 0. The van der Waals surface area contributed by atoms with Crippen molar-refractivity contribution in [3.8, 4) is 5.75 Å². The minimum Gasteiger partial charge on any atom is -0.491 e. The fourth-order valence-corrected chi connectivity index (χ4v) is 4.18. The number of sulfonamides is 1. The van der Waals surface area contributed by atoms with Crippen LogP contribution in [-0.4, -0.2) is 70.0 Å². The van der Waals surface area contributed by atoms with Gasteiger partial charge >= 0.3 is 0 Å². The van der Waals surface area contributed by atoms with Crippen LogP contribution in [0, 0.1) is 0 Å². The largest absolute Gasteiger partial charge is 0.491 e. The highest BCUT2D eigenvalue weighted by atomic mass is 32.2. The summed E-state index contributed by atoms with van der Waals surface area (Å²) in [5.74, 6) is 0.670. The molecule has 0 atom stereocenters. The summed E-state index contributed by atoms with van der Waals surface area (Å²) in [5, 5.41) is 0. The minimum atomic E-state index is -3.57. The van der Waals surface area contributed by atoms with Crippen molar-refractivity contribution in [3.63, 3.8) is 0 Å². The second-order valence-electron chi connectivity index (χ2n) is 5.80. The van der Waals surface area contributed by atoms with E-state index in [4.69, 9.17) is 9.47 Å². The predicted molar refractivity (Wildman–Crippen MR) is 94.1 cm³/mol. The number of carbonyl (C=O) groups excluding carboxylic acids is 1. The third-order valence-corrected chi connectivity index (χ3v) is 6.04. The summed E-state index contributed by atoms with van der Waals surface area (Å²) in [7, 11) is -1.98. The molecule has 0 bridgehead atoms. The molecule has 1 aromatic carbocycles. The molecule has 2 rings (SSSR count). The van der Waals surface area contributed by atoms with Crippen LogP contribution in [0.15, 0.2) is 29.2 Å². The van der Waals surface area contributed by atoms with Crippen LogP contribution in [0.4, 0.5) is 0 Å². The molecule has 0 aromatic heterocycles. The Kier molecular flexibility index (Phi) is 7.22. The zero-order valence-corrected chi connectivity index (χ0v) is 15.6. The fourth-order valence-electron chi connectivity index (χ4n) is 2.71. The molecule has 1 aliphatic heterocycles. The van der Waals surface area contributed by atoms with Gasteiger partial charge in [0, 0.05) is 39.7 Å². The lowest BCUT2D eigenvalue weighted by Gasteiger charge is -2.21. The lowest BCUT2D eigenvalue weighted by Crippen LogP contribution is -2.37. The van der Waals surface area contributed by atoms with E-state index in [2.05, 4.69) is 0 Å². The van der Waals surface area contributed by atoms with Crippen LogP contribution in [0.2, 0.25) is 0 Å². The average molecular weight is 370 g/mol. The van der Waals surface area contributed by atoms with Gasteiger partial charge in [-0.3, -0.25) is 4.79 Å². The topological polar surface area (TPSA) is 76.2 Å². The Balaban J connectivity index is 2.04. The number of rotatable bonds is 7. The van der Waals surface area contributed by atoms with Gasteiger partial charge in [-0.2, -0.15) is 4.31 Å². The van der Waals surface area contributed by atoms with E-state index < -0.39 is 10.0 Å². The standard InChI is InChI=1S/C17H26N2O5S/c1-3-17(20)18-9-4-10-19(12-11-18)25(21,22)16-7-5-15(6-8-16)24-14-13-23-2/h5-8H,3-4,9-14H2,1-2H3. The van der Waals surface area contributed by atoms with Crippen LogP contribution in [0.3, 0.4) is 0 Å². The molecule has 140 valence electrons. The zero-order chi connectivity index (χ0) is 18.3. The van der Waals surface area contributed by atoms with Gasteiger partial charge in [-0.25, -0.2) is 8.42 Å². The van der Waals surface area contributed by atoms with Gasteiger partial charge in [0.2, 0.25) is 15.9 Å². The van der Waals surface area contributed by atoms with Crippen LogP contribution in [0.1, 0.15) is 19.8 Å². The third-order valence-electron chi connectivity index (χ3n) is 4.13.